The van der Waals surface area contributed by atoms with Crippen LogP contribution in [0.15, 0.2) is 42.5 Å². The lowest BCUT2D eigenvalue weighted by Gasteiger charge is -2.10. The summed E-state index contributed by atoms with van der Waals surface area (Å²) in [4.78, 5) is 35.4. The van der Waals surface area contributed by atoms with E-state index in [0.29, 0.717) is 11.8 Å². The lowest BCUT2D eigenvalue weighted by Crippen LogP contribution is -2.39. The smallest absolute Gasteiger partial charge is 0.339 e. The van der Waals surface area contributed by atoms with E-state index in [9.17, 15) is 27.6 Å². The minimum Gasteiger partial charge on any atom is -0.339 e. The predicted octanol–water partition coefficient (Wildman–Crippen LogP) is 3.02. The highest BCUT2D eigenvalue weighted by Gasteiger charge is 2.30. The highest BCUT2D eigenvalue weighted by molar-refractivity contribution is 6.39. The molecule has 0 atom stereocenters. The molecular formula is C19H18F3N3O3. The number of alkyl halides is 3. The normalized spacial score (nSPS) is 10.9. The van der Waals surface area contributed by atoms with E-state index in [2.05, 4.69) is 16.0 Å². The fourth-order valence-corrected chi connectivity index (χ4v) is 2.23. The van der Waals surface area contributed by atoms with Crippen LogP contribution in [-0.4, -0.2) is 24.3 Å². The van der Waals surface area contributed by atoms with Gasteiger partial charge in [0.05, 0.1) is 12.1 Å². The molecule has 0 radical (unpaired) electrons. The largest absolute Gasteiger partial charge is 0.416 e. The number of halogens is 3. The Morgan fingerprint density at radius 3 is 2.18 bits per heavy atom. The highest BCUT2D eigenvalue weighted by Crippen LogP contribution is 2.30. The molecule has 3 N–H and O–H groups in total. The van der Waals surface area contributed by atoms with Crippen molar-refractivity contribution in [2.75, 3.05) is 17.2 Å². The minimum atomic E-state index is -4.57. The number of anilines is 2. The Morgan fingerprint density at radius 2 is 1.54 bits per heavy atom. The number of nitrogens with one attached hydrogen (secondary N) is 3. The zero-order valence-electron chi connectivity index (χ0n) is 15.1. The molecule has 2 rings (SSSR count). The second kappa shape index (κ2) is 8.55. The van der Waals surface area contributed by atoms with Crippen molar-refractivity contribution in [1.29, 1.82) is 0 Å². The van der Waals surface area contributed by atoms with E-state index < -0.39 is 36.0 Å². The molecule has 0 bridgehead atoms. The molecule has 2 aromatic rings. The van der Waals surface area contributed by atoms with E-state index in [4.69, 9.17) is 0 Å². The molecule has 0 heterocycles. The van der Waals surface area contributed by atoms with Crippen molar-refractivity contribution >= 4 is 29.1 Å². The molecule has 0 aliphatic heterocycles. The molecule has 3 amide bonds. The summed E-state index contributed by atoms with van der Waals surface area (Å²) in [6, 6.07) is 9.15. The number of benzene rings is 2. The Morgan fingerprint density at radius 1 is 0.857 bits per heavy atom. The maximum absolute atomic E-state index is 12.7. The van der Waals surface area contributed by atoms with Gasteiger partial charge in [0, 0.05) is 11.4 Å². The summed E-state index contributed by atoms with van der Waals surface area (Å²) >= 11 is 0. The topological polar surface area (TPSA) is 87.3 Å². The Bertz CT molecular complexity index is 911. The molecule has 0 spiro atoms. The molecule has 28 heavy (non-hydrogen) atoms. The summed E-state index contributed by atoms with van der Waals surface area (Å²) in [5.74, 6) is -2.88. The van der Waals surface area contributed by atoms with Gasteiger partial charge in [-0.15, -0.1) is 0 Å². The fourth-order valence-electron chi connectivity index (χ4n) is 2.23. The van der Waals surface area contributed by atoms with Crippen molar-refractivity contribution in [1.82, 2.24) is 5.32 Å². The van der Waals surface area contributed by atoms with E-state index in [0.717, 1.165) is 23.3 Å². The van der Waals surface area contributed by atoms with Crippen LogP contribution in [0.3, 0.4) is 0 Å². The van der Waals surface area contributed by atoms with Gasteiger partial charge >= 0.3 is 18.0 Å². The van der Waals surface area contributed by atoms with E-state index in [1.165, 1.54) is 6.07 Å². The van der Waals surface area contributed by atoms with Crippen LogP contribution < -0.4 is 16.0 Å². The van der Waals surface area contributed by atoms with Crippen molar-refractivity contribution in [3.05, 3.63) is 59.2 Å². The van der Waals surface area contributed by atoms with Gasteiger partial charge in [-0.1, -0.05) is 12.1 Å². The standard InChI is InChI=1S/C19H18F3N3O3/c1-11-6-7-15(8-12(11)2)24-16(26)10-23-17(27)18(28)25-14-5-3-4-13(9-14)19(20,21)22/h3-9H,10H2,1-2H3,(H,23,27)(H,24,26)(H,25,28). The molecule has 9 heteroatoms. The summed E-state index contributed by atoms with van der Waals surface area (Å²) in [5, 5.41) is 6.73. The number of carbonyl (C=O) groups is 3. The van der Waals surface area contributed by atoms with Gasteiger partial charge in [0.2, 0.25) is 5.91 Å². The second-order valence-electron chi connectivity index (χ2n) is 6.06. The molecular weight excluding hydrogens is 375 g/mol. The van der Waals surface area contributed by atoms with E-state index in [1.807, 2.05) is 19.9 Å². The molecule has 6 nitrogen and oxygen atoms in total. The Hall–Kier alpha value is -3.36. The summed E-state index contributed by atoms with van der Waals surface area (Å²) in [7, 11) is 0. The lowest BCUT2D eigenvalue weighted by atomic mass is 10.1. The number of aryl methyl sites for hydroxylation is 2. The van der Waals surface area contributed by atoms with Gasteiger partial charge in [0.1, 0.15) is 0 Å². The van der Waals surface area contributed by atoms with Crippen molar-refractivity contribution in [2.24, 2.45) is 0 Å². The van der Waals surface area contributed by atoms with Crippen LogP contribution in [0.25, 0.3) is 0 Å². The first-order valence-electron chi connectivity index (χ1n) is 8.20. The van der Waals surface area contributed by atoms with Crippen molar-refractivity contribution in [3.63, 3.8) is 0 Å². The van der Waals surface area contributed by atoms with Gasteiger partial charge in [-0.2, -0.15) is 13.2 Å². The zero-order valence-corrected chi connectivity index (χ0v) is 15.1. The second-order valence-corrected chi connectivity index (χ2v) is 6.06. The minimum absolute atomic E-state index is 0.186. The monoisotopic (exact) mass is 393 g/mol. The van der Waals surface area contributed by atoms with Gasteiger partial charge in [-0.3, -0.25) is 14.4 Å². The molecule has 0 fully saturated rings. The van der Waals surface area contributed by atoms with Gasteiger partial charge in [0.15, 0.2) is 0 Å². The molecule has 0 aliphatic rings. The van der Waals surface area contributed by atoms with Crippen molar-refractivity contribution < 1.29 is 27.6 Å². The molecule has 148 valence electrons. The summed E-state index contributed by atoms with van der Waals surface area (Å²) in [5.41, 5.74) is 1.42. The van der Waals surface area contributed by atoms with Gasteiger partial charge in [-0.25, -0.2) is 0 Å². The molecule has 0 aromatic heterocycles. The first-order valence-corrected chi connectivity index (χ1v) is 8.20. The fraction of sp³-hybridized carbons (Fsp3) is 0.211. The molecule has 0 saturated heterocycles. The van der Waals surface area contributed by atoms with E-state index in [-0.39, 0.29) is 5.69 Å². The number of hydrogen-bond acceptors (Lipinski definition) is 3. The first-order chi connectivity index (χ1) is 13.1. The van der Waals surface area contributed by atoms with Gasteiger partial charge < -0.3 is 16.0 Å². The number of rotatable bonds is 4. The van der Waals surface area contributed by atoms with E-state index in [1.54, 1.807) is 12.1 Å². The maximum atomic E-state index is 12.7. The van der Waals surface area contributed by atoms with Crippen LogP contribution in [0, 0.1) is 13.8 Å². The summed E-state index contributed by atoms with van der Waals surface area (Å²) in [6.45, 7) is 3.33. The third kappa shape index (κ3) is 5.83. The Kier molecular flexibility index (Phi) is 6.40. The third-order valence-corrected chi connectivity index (χ3v) is 3.85. The molecule has 0 saturated carbocycles. The SMILES string of the molecule is Cc1ccc(NC(=O)CNC(=O)C(=O)Nc2cccc(C(F)(F)F)c2)cc1C. The number of carbonyl (C=O) groups excluding carboxylic acids is 3. The third-order valence-electron chi connectivity index (χ3n) is 3.85. The average molecular weight is 393 g/mol. The van der Waals surface area contributed by atoms with Crippen molar-refractivity contribution in [3.8, 4) is 0 Å². The highest BCUT2D eigenvalue weighted by atomic mass is 19.4. The van der Waals surface area contributed by atoms with Crippen molar-refractivity contribution in [2.45, 2.75) is 20.0 Å². The van der Waals surface area contributed by atoms with Gasteiger partial charge in [0.25, 0.3) is 0 Å². The van der Waals surface area contributed by atoms with Crippen LogP contribution in [0.4, 0.5) is 24.5 Å². The quantitative estimate of drug-likeness (QED) is 0.698. The van der Waals surface area contributed by atoms with Crippen LogP contribution >= 0.6 is 0 Å². The van der Waals surface area contributed by atoms with Crippen LogP contribution in [0.2, 0.25) is 0 Å². The maximum Gasteiger partial charge on any atom is 0.416 e. The number of hydrogen-bond donors (Lipinski definition) is 3. The van der Waals surface area contributed by atoms with Crippen LogP contribution in [0.1, 0.15) is 16.7 Å². The molecule has 2 aromatic carbocycles. The zero-order chi connectivity index (χ0) is 20.9. The lowest BCUT2D eigenvalue weighted by molar-refractivity contribution is -0.137. The Balaban J connectivity index is 1.87. The Labute approximate surface area is 159 Å². The summed E-state index contributed by atoms with van der Waals surface area (Å²) in [6.07, 6.45) is -4.57. The first kappa shape index (κ1) is 20.9. The van der Waals surface area contributed by atoms with Crippen LogP contribution in [-0.2, 0) is 20.6 Å². The predicted molar refractivity (Wildman–Crippen MR) is 97.6 cm³/mol. The van der Waals surface area contributed by atoms with E-state index >= 15 is 0 Å². The average Bonchev–Trinajstić information content (AvgIpc) is 2.62. The summed E-state index contributed by atoms with van der Waals surface area (Å²) < 4.78 is 38.0. The van der Waals surface area contributed by atoms with Crippen LogP contribution in [0.5, 0.6) is 0 Å². The molecule has 0 unspecified atom stereocenters. The van der Waals surface area contributed by atoms with Gasteiger partial charge in [-0.05, 0) is 55.3 Å². The number of amides is 3. The molecule has 0 aliphatic carbocycles.